The normalized spacial score (nSPS) is 25.4. The molecule has 3 aliphatic carbocycles. The summed E-state index contributed by atoms with van der Waals surface area (Å²) < 4.78 is 13.7. The summed E-state index contributed by atoms with van der Waals surface area (Å²) in [7, 11) is 3.15. The fourth-order valence-corrected chi connectivity index (χ4v) is 13.1. The molecule has 0 spiro atoms. The van der Waals surface area contributed by atoms with Gasteiger partial charge in [0.05, 0.1) is 7.11 Å². The number of benzene rings is 3. The van der Waals surface area contributed by atoms with Crippen LogP contribution in [0, 0.1) is 0 Å². The van der Waals surface area contributed by atoms with Gasteiger partial charge in [0.2, 0.25) is 0 Å². The first-order valence-electron chi connectivity index (χ1n) is 15.9. The minimum atomic E-state index is -0.734. The molecule has 4 heteroatoms. The quantitative estimate of drug-likeness (QED) is 0.213. The van der Waals surface area contributed by atoms with E-state index in [1.807, 2.05) is 14.2 Å². The highest BCUT2D eigenvalue weighted by atomic mass is 31.1. The zero-order chi connectivity index (χ0) is 29.0. The molecule has 0 heterocycles. The standard InChI is InChI=1S/C38H46NO2P/c1-40-35-27-16-28-37(41-2,42(31-21-11-5-12-22-31)32-23-13-6-14-24-32)38(35,30-19-9-4-10-20-30)34-26-15-25-33(36(34)39)29-17-7-3-8-18-29/h3-4,7-10,15-20,25-28,31-32H,5-6,11-14,21-24,39H2,1-2H3. The van der Waals surface area contributed by atoms with E-state index >= 15 is 0 Å². The highest BCUT2D eigenvalue weighted by Gasteiger charge is 2.64. The van der Waals surface area contributed by atoms with Crippen molar-refractivity contribution in [3.05, 3.63) is 114 Å². The highest BCUT2D eigenvalue weighted by molar-refractivity contribution is 7.61. The summed E-state index contributed by atoms with van der Waals surface area (Å²) in [6.07, 6.45) is 19.9. The number of ether oxygens (including phenoxy) is 2. The Morgan fingerprint density at radius 3 is 1.88 bits per heavy atom. The molecular formula is C38H46NO2P. The van der Waals surface area contributed by atoms with Crippen molar-refractivity contribution in [1.29, 1.82) is 0 Å². The van der Waals surface area contributed by atoms with Crippen LogP contribution in [-0.4, -0.2) is 30.9 Å². The predicted molar refractivity (Wildman–Crippen MR) is 178 cm³/mol. The Balaban J connectivity index is 1.69. The van der Waals surface area contributed by atoms with Crippen LogP contribution in [0.1, 0.15) is 75.3 Å². The number of hydrogen-bond donors (Lipinski definition) is 1. The first-order chi connectivity index (χ1) is 20.7. The average Bonchev–Trinajstić information content (AvgIpc) is 3.06. The van der Waals surface area contributed by atoms with Crippen LogP contribution in [0.5, 0.6) is 0 Å². The fourth-order valence-electron chi connectivity index (χ4n) is 8.36. The van der Waals surface area contributed by atoms with Gasteiger partial charge in [-0.1, -0.05) is 131 Å². The molecular weight excluding hydrogens is 533 g/mol. The summed E-state index contributed by atoms with van der Waals surface area (Å²) in [6, 6.07) is 28.1. The number of hydrogen-bond acceptors (Lipinski definition) is 3. The Bertz CT molecular complexity index is 1370. The molecule has 2 atom stereocenters. The third kappa shape index (κ3) is 4.83. The van der Waals surface area contributed by atoms with Crippen molar-refractivity contribution in [3.8, 4) is 11.1 Å². The molecule has 0 saturated heterocycles. The minimum absolute atomic E-state index is 0.614. The maximum atomic E-state index is 7.36. The minimum Gasteiger partial charge on any atom is -0.500 e. The third-order valence-electron chi connectivity index (χ3n) is 10.1. The van der Waals surface area contributed by atoms with Crippen LogP contribution < -0.4 is 5.73 Å². The molecule has 2 N–H and O–H groups in total. The molecule has 0 amide bonds. The van der Waals surface area contributed by atoms with E-state index in [0.29, 0.717) is 11.3 Å². The van der Waals surface area contributed by atoms with E-state index in [1.54, 1.807) is 0 Å². The number of anilines is 1. The zero-order valence-corrected chi connectivity index (χ0v) is 26.2. The van der Waals surface area contributed by atoms with Gasteiger partial charge in [-0.3, -0.25) is 0 Å². The lowest BCUT2D eigenvalue weighted by molar-refractivity contribution is 0.0357. The Kier molecular flexibility index (Phi) is 8.89. The van der Waals surface area contributed by atoms with Crippen molar-refractivity contribution in [3.63, 3.8) is 0 Å². The lowest BCUT2D eigenvalue weighted by atomic mass is 9.65. The Morgan fingerprint density at radius 2 is 1.31 bits per heavy atom. The van der Waals surface area contributed by atoms with Crippen LogP contribution in [0.3, 0.4) is 0 Å². The first kappa shape index (κ1) is 29.2. The van der Waals surface area contributed by atoms with E-state index in [1.165, 1.54) is 69.8 Å². The first-order valence-corrected chi connectivity index (χ1v) is 17.4. The number of methoxy groups -OCH3 is 2. The maximum Gasteiger partial charge on any atom is 0.126 e. The molecule has 3 aromatic carbocycles. The monoisotopic (exact) mass is 579 g/mol. The van der Waals surface area contributed by atoms with E-state index in [-0.39, 0.29) is 0 Å². The molecule has 42 heavy (non-hydrogen) atoms. The second-order valence-electron chi connectivity index (χ2n) is 12.2. The second-order valence-corrected chi connectivity index (χ2v) is 15.2. The smallest absolute Gasteiger partial charge is 0.126 e. The molecule has 0 radical (unpaired) electrons. The lowest BCUT2D eigenvalue weighted by Gasteiger charge is -2.58. The summed E-state index contributed by atoms with van der Waals surface area (Å²) in [5, 5.41) is -0.614. The SMILES string of the molecule is COC1=CC=CC(OC)(P(C2CCCCC2)C2CCCCC2)C1(c1ccccc1)c1cccc(-c2ccccc2)c1N. The lowest BCUT2D eigenvalue weighted by Crippen LogP contribution is -2.57. The molecule has 220 valence electrons. The van der Waals surface area contributed by atoms with Gasteiger partial charge in [0.1, 0.15) is 16.5 Å². The predicted octanol–water partition coefficient (Wildman–Crippen LogP) is 9.81. The molecule has 2 unspecified atom stereocenters. The summed E-state index contributed by atoms with van der Waals surface area (Å²) in [6.45, 7) is 0. The van der Waals surface area contributed by atoms with Crippen LogP contribution in [0.2, 0.25) is 0 Å². The van der Waals surface area contributed by atoms with Gasteiger partial charge in [-0.05, 0) is 65.8 Å². The van der Waals surface area contributed by atoms with Crippen molar-refractivity contribution in [2.24, 2.45) is 0 Å². The van der Waals surface area contributed by atoms with Crippen molar-refractivity contribution in [2.75, 3.05) is 20.0 Å². The third-order valence-corrected chi connectivity index (χ3v) is 14.2. The largest absolute Gasteiger partial charge is 0.500 e. The zero-order valence-electron chi connectivity index (χ0n) is 25.3. The van der Waals surface area contributed by atoms with Crippen molar-refractivity contribution < 1.29 is 9.47 Å². The molecule has 0 aromatic heterocycles. The van der Waals surface area contributed by atoms with Crippen molar-refractivity contribution in [2.45, 2.75) is 86.3 Å². The molecule has 2 fully saturated rings. The van der Waals surface area contributed by atoms with Gasteiger partial charge in [-0.2, -0.15) is 0 Å². The van der Waals surface area contributed by atoms with E-state index in [4.69, 9.17) is 15.2 Å². The van der Waals surface area contributed by atoms with Crippen LogP contribution in [-0.2, 0) is 14.9 Å². The molecule has 2 saturated carbocycles. The van der Waals surface area contributed by atoms with E-state index in [2.05, 4.69) is 97.1 Å². The Hall–Kier alpha value is -2.87. The van der Waals surface area contributed by atoms with Gasteiger partial charge >= 0.3 is 0 Å². The van der Waals surface area contributed by atoms with Crippen LogP contribution in [0.4, 0.5) is 5.69 Å². The van der Waals surface area contributed by atoms with E-state index < -0.39 is 18.7 Å². The van der Waals surface area contributed by atoms with E-state index in [9.17, 15) is 0 Å². The average molecular weight is 580 g/mol. The van der Waals surface area contributed by atoms with Crippen LogP contribution in [0.25, 0.3) is 11.1 Å². The van der Waals surface area contributed by atoms with Gasteiger partial charge in [-0.15, -0.1) is 0 Å². The summed E-state index contributed by atoms with van der Waals surface area (Å²) in [5.41, 5.74) is 13.2. The van der Waals surface area contributed by atoms with Crippen LogP contribution in [0.15, 0.2) is 103 Å². The topological polar surface area (TPSA) is 44.5 Å². The molecule has 0 bridgehead atoms. The van der Waals surface area contributed by atoms with Gasteiger partial charge in [0.25, 0.3) is 0 Å². The van der Waals surface area contributed by atoms with Gasteiger partial charge in [-0.25, -0.2) is 0 Å². The van der Waals surface area contributed by atoms with E-state index in [0.717, 1.165) is 28.1 Å². The van der Waals surface area contributed by atoms with Crippen molar-refractivity contribution in [1.82, 2.24) is 0 Å². The summed E-state index contributed by atoms with van der Waals surface area (Å²) >= 11 is 0. The summed E-state index contributed by atoms with van der Waals surface area (Å²) in [4.78, 5) is 0. The van der Waals surface area contributed by atoms with Crippen LogP contribution >= 0.6 is 7.92 Å². The number of nitrogen functional groups attached to an aromatic ring is 1. The highest BCUT2D eigenvalue weighted by Crippen LogP contribution is 2.73. The molecule has 0 aliphatic heterocycles. The van der Waals surface area contributed by atoms with Gasteiger partial charge < -0.3 is 15.2 Å². The number of nitrogens with two attached hydrogens (primary N) is 1. The fraction of sp³-hybridized carbons (Fsp3) is 0.421. The maximum absolute atomic E-state index is 7.36. The van der Waals surface area contributed by atoms with Gasteiger partial charge in [0.15, 0.2) is 0 Å². The summed E-state index contributed by atoms with van der Waals surface area (Å²) in [5.74, 6) is 0.911. The molecule has 3 aromatic rings. The molecule has 6 rings (SSSR count). The number of allylic oxidation sites excluding steroid dienone is 2. The van der Waals surface area contributed by atoms with Gasteiger partial charge in [0, 0.05) is 18.4 Å². The molecule has 3 nitrogen and oxygen atoms in total. The van der Waals surface area contributed by atoms with Crippen molar-refractivity contribution >= 4 is 13.6 Å². The Labute approximate surface area is 254 Å². The second kappa shape index (κ2) is 12.8. The number of para-hydroxylation sites is 1. The Morgan fingerprint density at radius 1 is 0.714 bits per heavy atom. The number of rotatable bonds is 8. The molecule has 3 aliphatic rings.